The van der Waals surface area contributed by atoms with Crippen molar-refractivity contribution in [1.29, 1.82) is 0 Å². The van der Waals surface area contributed by atoms with Gasteiger partial charge in [0.15, 0.2) is 11.2 Å². The molecule has 0 aliphatic carbocycles. The molecule has 1 atom stereocenters. The summed E-state index contributed by atoms with van der Waals surface area (Å²) in [6.45, 7) is 3.89. The Bertz CT molecular complexity index is 1450. The van der Waals surface area contributed by atoms with Gasteiger partial charge in [0.1, 0.15) is 5.82 Å². The molecule has 4 aromatic rings. The third-order valence-electron chi connectivity index (χ3n) is 6.12. The van der Waals surface area contributed by atoms with Crippen LogP contribution in [0.3, 0.4) is 0 Å². The zero-order valence-corrected chi connectivity index (χ0v) is 19.1. The molecule has 7 nitrogen and oxygen atoms in total. The van der Waals surface area contributed by atoms with Gasteiger partial charge in [-0.15, -0.1) is 0 Å². The summed E-state index contributed by atoms with van der Waals surface area (Å²) in [6, 6.07) is 14.3. The SMILES string of the molecule is C[C@@H]1CN(Cc2ccccc2)c2nc3c(c(=O)n(Cc4c(F)cccc4Cl)c(=O)n3C)n2C1. The van der Waals surface area contributed by atoms with E-state index >= 15 is 0 Å². The normalized spacial score (nSPS) is 15.8. The highest BCUT2D eigenvalue weighted by Gasteiger charge is 2.29. The lowest BCUT2D eigenvalue weighted by Crippen LogP contribution is -2.41. The molecule has 1 aliphatic rings. The molecule has 0 fully saturated rings. The molecule has 0 bridgehead atoms. The minimum Gasteiger partial charge on any atom is -0.338 e. The summed E-state index contributed by atoms with van der Waals surface area (Å²) in [5.41, 5.74) is 0.831. The summed E-state index contributed by atoms with van der Waals surface area (Å²) in [7, 11) is 1.58. The molecule has 0 saturated heterocycles. The molecule has 0 spiro atoms. The average molecular weight is 468 g/mol. The van der Waals surface area contributed by atoms with Gasteiger partial charge in [0.05, 0.1) is 6.54 Å². The first-order chi connectivity index (χ1) is 15.8. The van der Waals surface area contributed by atoms with Crippen LogP contribution in [0.25, 0.3) is 11.2 Å². The molecule has 0 radical (unpaired) electrons. The maximum absolute atomic E-state index is 14.4. The van der Waals surface area contributed by atoms with Gasteiger partial charge in [0, 0.05) is 37.3 Å². The minimum atomic E-state index is -0.565. The number of hydrogen-bond acceptors (Lipinski definition) is 4. The smallest absolute Gasteiger partial charge is 0.332 e. The topological polar surface area (TPSA) is 65.1 Å². The number of hydrogen-bond donors (Lipinski definition) is 0. The molecule has 0 saturated carbocycles. The molecular formula is C24H23ClFN5O2. The highest BCUT2D eigenvalue weighted by Crippen LogP contribution is 2.28. The third kappa shape index (κ3) is 3.64. The van der Waals surface area contributed by atoms with E-state index in [0.29, 0.717) is 30.2 Å². The number of nitrogens with zero attached hydrogens (tertiary/aromatic N) is 5. The summed E-state index contributed by atoms with van der Waals surface area (Å²) in [5.74, 6) is 0.361. The summed E-state index contributed by atoms with van der Waals surface area (Å²) in [5, 5.41) is 0.169. The largest absolute Gasteiger partial charge is 0.338 e. The Balaban J connectivity index is 1.68. The average Bonchev–Trinajstić information content (AvgIpc) is 3.17. The fourth-order valence-electron chi connectivity index (χ4n) is 4.52. The van der Waals surface area contributed by atoms with E-state index in [2.05, 4.69) is 11.8 Å². The lowest BCUT2D eigenvalue weighted by atomic mass is 10.1. The van der Waals surface area contributed by atoms with Gasteiger partial charge in [0.2, 0.25) is 5.95 Å². The second-order valence-electron chi connectivity index (χ2n) is 8.60. The van der Waals surface area contributed by atoms with E-state index in [9.17, 15) is 14.0 Å². The first kappa shape index (κ1) is 21.5. The van der Waals surface area contributed by atoms with Crippen LogP contribution in [0.2, 0.25) is 5.02 Å². The van der Waals surface area contributed by atoms with E-state index in [1.165, 1.54) is 22.8 Å². The van der Waals surface area contributed by atoms with Crippen LogP contribution in [-0.4, -0.2) is 25.2 Å². The van der Waals surface area contributed by atoms with Gasteiger partial charge in [0.25, 0.3) is 5.56 Å². The quantitative estimate of drug-likeness (QED) is 0.461. The van der Waals surface area contributed by atoms with Crippen LogP contribution in [0.15, 0.2) is 58.1 Å². The van der Waals surface area contributed by atoms with Gasteiger partial charge >= 0.3 is 5.69 Å². The Morgan fingerprint density at radius 2 is 1.82 bits per heavy atom. The lowest BCUT2D eigenvalue weighted by molar-refractivity contribution is 0.435. The second-order valence-corrected chi connectivity index (χ2v) is 9.01. The van der Waals surface area contributed by atoms with Crippen LogP contribution in [0.5, 0.6) is 0 Å². The van der Waals surface area contributed by atoms with E-state index in [1.54, 1.807) is 7.05 Å². The molecule has 170 valence electrons. The second kappa shape index (κ2) is 8.19. The molecular weight excluding hydrogens is 445 g/mol. The number of fused-ring (bicyclic) bond motifs is 3. The van der Waals surface area contributed by atoms with Crippen molar-refractivity contribution >= 4 is 28.7 Å². The van der Waals surface area contributed by atoms with Crippen LogP contribution < -0.4 is 16.1 Å². The molecule has 33 heavy (non-hydrogen) atoms. The summed E-state index contributed by atoms with van der Waals surface area (Å²) < 4.78 is 18.7. The fourth-order valence-corrected chi connectivity index (χ4v) is 4.74. The molecule has 0 amide bonds. The molecule has 1 aliphatic heterocycles. The summed E-state index contributed by atoms with van der Waals surface area (Å²) in [6.07, 6.45) is 0. The van der Waals surface area contributed by atoms with Crippen LogP contribution in [0.1, 0.15) is 18.1 Å². The summed E-state index contributed by atoms with van der Waals surface area (Å²) in [4.78, 5) is 33.5. The molecule has 2 aromatic heterocycles. The van der Waals surface area contributed by atoms with Crippen molar-refractivity contribution < 1.29 is 4.39 Å². The molecule has 0 N–H and O–H groups in total. The van der Waals surface area contributed by atoms with Gasteiger partial charge in [-0.25, -0.2) is 9.18 Å². The Morgan fingerprint density at radius 3 is 2.55 bits per heavy atom. The molecule has 2 aromatic carbocycles. The Hall–Kier alpha value is -3.39. The van der Waals surface area contributed by atoms with Crippen LogP contribution in [0, 0.1) is 11.7 Å². The predicted octanol–water partition coefficient (Wildman–Crippen LogP) is 3.39. The van der Waals surface area contributed by atoms with Gasteiger partial charge in [-0.2, -0.15) is 4.98 Å². The van der Waals surface area contributed by atoms with Crippen LogP contribution in [0.4, 0.5) is 10.3 Å². The maximum atomic E-state index is 14.4. The Labute approximate surface area is 194 Å². The third-order valence-corrected chi connectivity index (χ3v) is 6.47. The highest BCUT2D eigenvalue weighted by atomic mass is 35.5. The number of imidazole rings is 1. The van der Waals surface area contributed by atoms with Crippen molar-refractivity contribution in [1.82, 2.24) is 18.7 Å². The van der Waals surface area contributed by atoms with Crippen molar-refractivity contribution in [3.63, 3.8) is 0 Å². The van der Waals surface area contributed by atoms with E-state index < -0.39 is 17.1 Å². The van der Waals surface area contributed by atoms with Crippen LogP contribution >= 0.6 is 11.6 Å². The lowest BCUT2D eigenvalue weighted by Gasteiger charge is -2.33. The standard InChI is InChI=1S/C24H23ClFN5O2/c1-15-11-29(13-16-7-4-3-5-8-16)23-27-21-20(30(23)12-15)22(32)31(24(33)28(21)2)14-17-18(25)9-6-10-19(17)26/h3-10,15H,11-14H2,1-2H3/t15-/m1/s1. The van der Waals surface area contributed by atoms with Crippen molar-refractivity contribution in [2.75, 3.05) is 11.4 Å². The van der Waals surface area contributed by atoms with E-state index in [-0.39, 0.29) is 23.0 Å². The van der Waals surface area contributed by atoms with E-state index in [4.69, 9.17) is 16.6 Å². The van der Waals surface area contributed by atoms with Crippen molar-refractivity contribution in [2.45, 2.75) is 26.6 Å². The first-order valence-electron chi connectivity index (χ1n) is 10.8. The zero-order valence-electron chi connectivity index (χ0n) is 18.3. The van der Waals surface area contributed by atoms with Gasteiger partial charge in [-0.3, -0.25) is 13.9 Å². The number of anilines is 1. The van der Waals surface area contributed by atoms with Crippen molar-refractivity contribution in [3.05, 3.63) is 91.3 Å². The van der Waals surface area contributed by atoms with Gasteiger partial charge in [-0.1, -0.05) is 54.9 Å². The monoisotopic (exact) mass is 467 g/mol. The molecule has 0 unspecified atom stereocenters. The predicted molar refractivity (Wildman–Crippen MR) is 126 cm³/mol. The number of benzene rings is 2. The fraction of sp³-hybridized carbons (Fsp3) is 0.292. The Morgan fingerprint density at radius 1 is 1.06 bits per heavy atom. The zero-order chi connectivity index (χ0) is 23.3. The minimum absolute atomic E-state index is 0.107. The maximum Gasteiger partial charge on any atom is 0.332 e. The number of aromatic nitrogens is 4. The molecule has 3 heterocycles. The molecule has 5 rings (SSSR count). The van der Waals surface area contributed by atoms with E-state index in [1.807, 2.05) is 34.9 Å². The first-order valence-corrected chi connectivity index (χ1v) is 11.1. The Kier molecular flexibility index (Phi) is 5.32. The van der Waals surface area contributed by atoms with Crippen LogP contribution in [-0.2, 0) is 26.7 Å². The van der Waals surface area contributed by atoms with Gasteiger partial charge < -0.3 is 9.47 Å². The van der Waals surface area contributed by atoms with Gasteiger partial charge in [-0.05, 0) is 23.6 Å². The van der Waals surface area contributed by atoms with E-state index in [0.717, 1.165) is 16.7 Å². The highest BCUT2D eigenvalue weighted by molar-refractivity contribution is 6.31. The number of aryl methyl sites for hydroxylation is 1. The number of rotatable bonds is 4. The molecule has 9 heteroatoms. The van der Waals surface area contributed by atoms with Crippen molar-refractivity contribution in [2.24, 2.45) is 13.0 Å². The number of halogens is 2. The summed E-state index contributed by atoms with van der Waals surface area (Å²) >= 11 is 6.16. The van der Waals surface area contributed by atoms with Crippen molar-refractivity contribution in [3.8, 4) is 0 Å².